The summed E-state index contributed by atoms with van der Waals surface area (Å²) in [6.45, 7) is 4.68. The van der Waals surface area contributed by atoms with Crippen LogP contribution in [0.3, 0.4) is 0 Å². The molecule has 1 rings (SSSR count). The number of β-amino-alcohol motifs (C(OH)–C–C–N with tert-alkyl or cyclic N) is 1. The molecule has 1 fully saturated rings. The maximum absolute atomic E-state index is 10.1. The maximum Gasteiger partial charge on any atom is 0.121 e. The van der Waals surface area contributed by atoms with Gasteiger partial charge in [-0.3, -0.25) is 0 Å². The molecule has 2 atom stereocenters. The van der Waals surface area contributed by atoms with Crippen LogP contribution in [0.25, 0.3) is 0 Å². The van der Waals surface area contributed by atoms with Gasteiger partial charge in [-0.05, 0) is 12.3 Å². The van der Waals surface area contributed by atoms with Crippen molar-refractivity contribution < 1.29 is 9.90 Å². The normalized spacial score (nSPS) is 31.8. The predicted molar refractivity (Wildman–Crippen MR) is 46.9 cm³/mol. The number of aldehydes is 1. The first-order chi connectivity index (χ1) is 5.72. The zero-order valence-corrected chi connectivity index (χ0v) is 7.57. The molecule has 0 aromatic carbocycles. The molecular weight excluding hydrogens is 154 g/mol. The molecule has 3 heteroatoms. The van der Waals surface area contributed by atoms with Crippen LogP contribution < -0.4 is 0 Å². The predicted octanol–water partition coefficient (Wildman–Crippen LogP) is 0.278. The van der Waals surface area contributed by atoms with Gasteiger partial charge in [0.2, 0.25) is 0 Å². The fourth-order valence-corrected chi connectivity index (χ4v) is 1.84. The molecule has 70 valence electrons. The summed E-state index contributed by atoms with van der Waals surface area (Å²) in [6.07, 6.45) is 2.23. The van der Waals surface area contributed by atoms with Crippen LogP contribution in [-0.2, 0) is 4.79 Å². The van der Waals surface area contributed by atoms with Crippen molar-refractivity contribution in [3.05, 3.63) is 0 Å². The van der Waals surface area contributed by atoms with Gasteiger partial charge in [-0.15, -0.1) is 0 Å². The fourth-order valence-electron chi connectivity index (χ4n) is 1.84. The highest BCUT2D eigenvalue weighted by molar-refractivity contribution is 5.49. The van der Waals surface area contributed by atoms with Crippen LogP contribution in [0.5, 0.6) is 0 Å². The first-order valence-corrected chi connectivity index (χ1v) is 4.56. The number of carbonyl (C=O) groups excluding carboxylic acids is 1. The number of piperidine rings is 1. The first kappa shape index (κ1) is 9.68. The molecular formula is C9H17NO2. The molecule has 3 nitrogen and oxygen atoms in total. The topological polar surface area (TPSA) is 40.5 Å². The van der Waals surface area contributed by atoms with Crippen LogP contribution in [0.2, 0.25) is 0 Å². The quantitative estimate of drug-likeness (QED) is 0.620. The van der Waals surface area contributed by atoms with Gasteiger partial charge in [-0.25, -0.2) is 0 Å². The van der Waals surface area contributed by atoms with Crippen molar-refractivity contribution >= 4 is 6.29 Å². The minimum absolute atomic E-state index is 0.194. The molecule has 0 radical (unpaired) electrons. The molecule has 0 bridgehead atoms. The first-order valence-electron chi connectivity index (χ1n) is 4.56. The lowest BCUT2D eigenvalue weighted by Crippen LogP contribution is -2.42. The van der Waals surface area contributed by atoms with E-state index in [1.165, 1.54) is 0 Å². The molecule has 1 N–H and O–H groups in total. The minimum atomic E-state index is -0.194. The van der Waals surface area contributed by atoms with Crippen molar-refractivity contribution in [1.29, 1.82) is 0 Å². The molecule has 0 aromatic rings. The molecule has 12 heavy (non-hydrogen) atoms. The zero-order valence-electron chi connectivity index (χ0n) is 7.57. The lowest BCUT2D eigenvalue weighted by molar-refractivity contribution is -0.108. The molecule has 1 aliphatic heterocycles. The largest absolute Gasteiger partial charge is 0.392 e. The smallest absolute Gasteiger partial charge is 0.121 e. The highest BCUT2D eigenvalue weighted by atomic mass is 16.3. The van der Waals surface area contributed by atoms with Crippen molar-refractivity contribution in [2.45, 2.75) is 25.9 Å². The van der Waals surface area contributed by atoms with Gasteiger partial charge in [0, 0.05) is 26.1 Å². The number of aliphatic hydroxyl groups excluding tert-OH is 1. The van der Waals surface area contributed by atoms with Crippen LogP contribution >= 0.6 is 0 Å². The van der Waals surface area contributed by atoms with Crippen molar-refractivity contribution in [3.63, 3.8) is 0 Å². The van der Waals surface area contributed by atoms with Crippen molar-refractivity contribution in [3.8, 4) is 0 Å². The fraction of sp³-hybridized carbons (Fsp3) is 0.889. The zero-order chi connectivity index (χ0) is 8.97. The summed E-state index contributed by atoms with van der Waals surface area (Å²) in [6, 6.07) is 0. The Hall–Kier alpha value is -0.410. The third-order valence-electron chi connectivity index (χ3n) is 2.28. The molecule has 1 heterocycles. The minimum Gasteiger partial charge on any atom is -0.392 e. The van der Waals surface area contributed by atoms with E-state index in [2.05, 4.69) is 11.8 Å². The number of nitrogens with zero attached hydrogens (tertiary/aromatic N) is 1. The number of likely N-dealkylation sites (tertiary alicyclic amines) is 1. The van der Waals surface area contributed by atoms with Crippen molar-refractivity contribution in [2.75, 3.05) is 19.6 Å². The van der Waals surface area contributed by atoms with Crippen molar-refractivity contribution in [2.24, 2.45) is 5.92 Å². The number of rotatable bonds is 3. The SMILES string of the molecule is C[C@@H]1C[C@H](O)CN(CCC=O)C1. The van der Waals surface area contributed by atoms with E-state index in [1.807, 2.05) is 0 Å². The van der Waals surface area contributed by atoms with Crippen molar-refractivity contribution in [1.82, 2.24) is 4.90 Å². The van der Waals surface area contributed by atoms with Crippen LogP contribution in [0.1, 0.15) is 19.8 Å². The number of aliphatic hydroxyl groups is 1. The molecule has 0 aliphatic carbocycles. The van der Waals surface area contributed by atoms with Gasteiger partial charge in [-0.2, -0.15) is 0 Å². The van der Waals surface area contributed by atoms with Gasteiger partial charge in [0.15, 0.2) is 0 Å². The summed E-state index contributed by atoms with van der Waals surface area (Å²) in [5, 5.41) is 9.42. The van der Waals surface area contributed by atoms with E-state index >= 15 is 0 Å². The summed E-state index contributed by atoms with van der Waals surface area (Å²) in [4.78, 5) is 12.3. The van der Waals surface area contributed by atoms with Gasteiger partial charge in [0.1, 0.15) is 6.29 Å². The van der Waals surface area contributed by atoms with E-state index in [0.717, 1.165) is 32.3 Å². The second kappa shape index (κ2) is 4.58. The molecule has 1 saturated heterocycles. The van der Waals surface area contributed by atoms with Gasteiger partial charge in [0.05, 0.1) is 6.10 Å². The van der Waals surface area contributed by atoms with E-state index < -0.39 is 0 Å². The van der Waals surface area contributed by atoms with Crippen LogP contribution in [-0.4, -0.2) is 42.0 Å². The van der Waals surface area contributed by atoms with Gasteiger partial charge in [0.25, 0.3) is 0 Å². The van der Waals surface area contributed by atoms with E-state index in [0.29, 0.717) is 12.3 Å². The highest BCUT2D eigenvalue weighted by Crippen LogP contribution is 2.15. The van der Waals surface area contributed by atoms with Crippen LogP contribution in [0, 0.1) is 5.92 Å². The lowest BCUT2D eigenvalue weighted by atomic mass is 9.98. The van der Waals surface area contributed by atoms with Crippen LogP contribution in [0.15, 0.2) is 0 Å². The standard InChI is InChI=1S/C9H17NO2/c1-8-5-9(12)7-10(6-8)3-2-4-11/h4,8-9,12H,2-3,5-7H2,1H3/t8-,9+/m1/s1. The Morgan fingerprint density at radius 1 is 1.58 bits per heavy atom. The molecule has 0 aromatic heterocycles. The molecule has 0 spiro atoms. The van der Waals surface area contributed by atoms with E-state index in [-0.39, 0.29) is 6.10 Å². The molecule has 0 unspecified atom stereocenters. The Morgan fingerprint density at radius 3 is 2.92 bits per heavy atom. The second-order valence-corrected chi connectivity index (χ2v) is 3.71. The van der Waals surface area contributed by atoms with Crippen LogP contribution in [0.4, 0.5) is 0 Å². The molecule has 0 amide bonds. The summed E-state index contributed by atoms with van der Waals surface area (Å²) >= 11 is 0. The summed E-state index contributed by atoms with van der Waals surface area (Å²) in [7, 11) is 0. The summed E-state index contributed by atoms with van der Waals surface area (Å²) in [5.74, 6) is 0.556. The summed E-state index contributed by atoms with van der Waals surface area (Å²) < 4.78 is 0. The number of hydrogen-bond donors (Lipinski definition) is 1. The van der Waals surface area contributed by atoms with E-state index in [9.17, 15) is 9.90 Å². The Bertz CT molecular complexity index is 139. The van der Waals surface area contributed by atoms with Gasteiger partial charge in [-0.1, -0.05) is 6.92 Å². The Labute approximate surface area is 73.4 Å². The average Bonchev–Trinajstić information content (AvgIpc) is 1.99. The molecule has 1 aliphatic rings. The highest BCUT2D eigenvalue weighted by Gasteiger charge is 2.22. The second-order valence-electron chi connectivity index (χ2n) is 3.71. The maximum atomic E-state index is 10.1. The summed E-state index contributed by atoms with van der Waals surface area (Å²) in [5.41, 5.74) is 0. The Balaban J connectivity index is 2.28. The third-order valence-corrected chi connectivity index (χ3v) is 2.28. The van der Waals surface area contributed by atoms with E-state index in [4.69, 9.17) is 0 Å². The Morgan fingerprint density at radius 2 is 2.33 bits per heavy atom. The third kappa shape index (κ3) is 2.91. The lowest BCUT2D eigenvalue weighted by Gasteiger charge is -2.33. The van der Waals surface area contributed by atoms with Gasteiger partial charge < -0.3 is 14.8 Å². The molecule has 0 saturated carbocycles. The Kier molecular flexibility index (Phi) is 3.69. The average molecular weight is 171 g/mol. The number of carbonyl (C=O) groups is 1. The van der Waals surface area contributed by atoms with E-state index in [1.54, 1.807) is 0 Å². The number of hydrogen-bond acceptors (Lipinski definition) is 3. The van der Waals surface area contributed by atoms with Gasteiger partial charge >= 0.3 is 0 Å². The monoisotopic (exact) mass is 171 g/mol.